The zero-order chi connectivity index (χ0) is 41.1. The summed E-state index contributed by atoms with van der Waals surface area (Å²) in [6.45, 7) is 3.39. The van der Waals surface area contributed by atoms with Gasteiger partial charge >= 0.3 is 13.8 Å². The maximum atomic E-state index is 12.6. The zero-order valence-corrected chi connectivity index (χ0v) is 36.7. The van der Waals surface area contributed by atoms with Crippen LogP contribution in [0, 0.1) is 0 Å². The third-order valence-electron chi connectivity index (χ3n) is 9.50. The first-order chi connectivity index (χ1) is 27.3. The smallest absolute Gasteiger partial charge is 0.457 e. The number of carbonyl (C=O) groups is 1. The maximum absolute atomic E-state index is 12.6. The molecule has 0 fully saturated rings. The molecular formula is C46H85O9P. The van der Waals surface area contributed by atoms with Crippen molar-refractivity contribution >= 4 is 13.8 Å². The quantitative estimate of drug-likeness (QED) is 0.0238. The van der Waals surface area contributed by atoms with Crippen molar-refractivity contribution in [1.29, 1.82) is 0 Å². The first-order valence-electron chi connectivity index (χ1n) is 22.6. The number of phosphoric acid groups is 1. The van der Waals surface area contributed by atoms with E-state index in [1.165, 1.54) is 96.3 Å². The van der Waals surface area contributed by atoms with Crippen LogP contribution in [0.15, 0.2) is 48.6 Å². The van der Waals surface area contributed by atoms with Crippen LogP contribution in [-0.2, 0) is 27.9 Å². The highest BCUT2D eigenvalue weighted by Gasteiger charge is 2.26. The van der Waals surface area contributed by atoms with E-state index in [2.05, 4.69) is 62.5 Å². The molecule has 0 bridgehead atoms. The van der Waals surface area contributed by atoms with Gasteiger partial charge in [0, 0.05) is 13.0 Å². The first kappa shape index (κ1) is 54.4. The number of phosphoric ester groups is 1. The molecule has 0 rings (SSSR count). The van der Waals surface area contributed by atoms with Crippen LogP contribution >= 0.6 is 7.82 Å². The summed E-state index contributed by atoms with van der Waals surface area (Å²) in [5.41, 5.74) is 0. The molecule has 0 amide bonds. The van der Waals surface area contributed by atoms with Crippen LogP contribution in [0.1, 0.15) is 194 Å². The van der Waals surface area contributed by atoms with Crippen molar-refractivity contribution in [3.8, 4) is 0 Å². The minimum atomic E-state index is -4.52. The molecule has 3 unspecified atom stereocenters. The Kier molecular flexibility index (Phi) is 41.8. The van der Waals surface area contributed by atoms with Gasteiger partial charge in [0.15, 0.2) is 0 Å². The molecule has 0 spiro atoms. The molecule has 328 valence electrons. The molecule has 0 aromatic rings. The van der Waals surface area contributed by atoms with Crippen molar-refractivity contribution in [3.05, 3.63) is 48.6 Å². The van der Waals surface area contributed by atoms with Gasteiger partial charge in [0.05, 0.1) is 26.4 Å². The number of hydrogen-bond acceptors (Lipinski definition) is 8. The zero-order valence-electron chi connectivity index (χ0n) is 35.8. The fourth-order valence-electron chi connectivity index (χ4n) is 6.07. The summed E-state index contributed by atoms with van der Waals surface area (Å²) in [7, 11) is -4.52. The highest BCUT2D eigenvalue weighted by Crippen LogP contribution is 2.43. The summed E-state index contributed by atoms with van der Waals surface area (Å²) >= 11 is 0. The number of hydrogen-bond donors (Lipinski definition) is 3. The van der Waals surface area contributed by atoms with E-state index in [-0.39, 0.29) is 19.6 Å². The van der Waals surface area contributed by atoms with Gasteiger partial charge in [0.1, 0.15) is 12.2 Å². The third kappa shape index (κ3) is 42.0. The highest BCUT2D eigenvalue weighted by molar-refractivity contribution is 7.47. The molecule has 0 aliphatic heterocycles. The van der Waals surface area contributed by atoms with E-state index in [0.29, 0.717) is 6.61 Å². The van der Waals surface area contributed by atoms with Crippen LogP contribution in [0.5, 0.6) is 0 Å². The number of ether oxygens (including phenoxy) is 2. The molecule has 3 atom stereocenters. The molecule has 0 saturated heterocycles. The number of aliphatic hydroxyl groups excluding tert-OH is 2. The predicted octanol–water partition coefficient (Wildman–Crippen LogP) is 12.6. The number of aliphatic hydroxyl groups is 2. The Bertz CT molecular complexity index is 1010. The standard InChI is InChI=1S/C46H85O9P/c1-3-5-7-9-11-13-15-17-19-21-23-25-27-29-31-33-35-37-39-52-42-45(43-54-56(50,51)53-41-44(48)40-47)55-46(49)38-36-34-32-30-28-26-24-22-20-18-16-14-12-10-8-6-4-2/h5,7,11,13,17-20,44-45,47-48H,3-4,6,8-10,12,14-16,21-43H2,1-2H3,(H,50,51)/b7-5-,13-11-,19-17-,20-18-. The van der Waals surface area contributed by atoms with Crippen molar-refractivity contribution in [2.45, 2.75) is 206 Å². The molecule has 0 aromatic carbocycles. The average molecular weight is 813 g/mol. The summed E-state index contributed by atoms with van der Waals surface area (Å²) in [4.78, 5) is 22.6. The summed E-state index contributed by atoms with van der Waals surface area (Å²) in [6, 6.07) is 0. The van der Waals surface area contributed by atoms with Crippen LogP contribution < -0.4 is 0 Å². The third-order valence-corrected chi connectivity index (χ3v) is 10.4. The van der Waals surface area contributed by atoms with Crippen molar-refractivity contribution in [3.63, 3.8) is 0 Å². The average Bonchev–Trinajstić information content (AvgIpc) is 3.19. The number of esters is 1. The monoisotopic (exact) mass is 813 g/mol. The number of carbonyl (C=O) groups excluding carboxylic acids is 1. The fraction of sp³-hybridized carbons (Fsp3) is 0.804. The lowest BCUT2D eigenvalue weighted by molar-refractivity contribution is -0.154. The topological polar surface area (TPSA) is 132 Å². The van der Waals surface area contributed by atoms with Crippen molar-refractivity contribution < 1.29 is 43.0 Å². The van der Waals surface area contributed by atoms with Gasteiger partial charge in [-0.25, -0.2) is 4.57 Å². The van der Waals surface area contributed by atoms with E-state index in [9.17, 15) is 19.4 Å². The van der Waals surface area contributed by atoms with Crippen LogP contribution in [0.2, 0.25) is 0 Å². The Hall–Kier alpha value is -1.58. The fourth-order valence-corrected chi connectivity index (χ4v) is 6.86. The Morgan fingerprint density at radius 3 is 1.55 bits per heavy atom. The van der Waals surface area contributed by atoms with Gasteiger partial charge < -0.3 is 24.6 Å². The molecule has 0 aliphatic carbocycles. The van der Waals surface area contributed by atoms with Crippen LogP contribution in [0.4, 0.5) is 0 Å². The van der Waals surface area contributed by atoms with E-state index in [1.54, 1.807) is 0 Å². The lowest BCUT2D eigenvalue weighted by atomic mass is 10.1. The molecule has 0 aliphatic rings. The Balaban J connectivity index is 4.16. The van der Waals surface area contributed by atoms with E-state index in [1.807, 2.05) is 0 Å². The summed E-state index contributed by atoms with van der Waals surface area (Å²) in [5.74, 6) is -0.390. The second-order valence-electron chi connectivity index (χ2n) is 15.0. The van der Waals surface area contributed by atoms with Crippen molar-refractivity contribution in [2.24, 2.45) is 0 Å². The normalized spacial score (nSPS) is 14.4. The minimum absolute atomic E-state index is 0.0419. The van der Waals surface area contributed by atoms with E-state index in [0.717, 1.165) is 77.0 Å². The number of allylic oxidation sites excluding steroid dienone is 8. The van der Waals surface area contributed by atoms with E-state index in [4.69, 9.17) is 23.6 Å². The highest BCUT2D eigenvalue weighted by atomic mass is 31.2. The predicted molar refractivity (Wildman–Crippen MR) is 233 cm³/mol. The molecule has 0 radical (unpaired) electrons. The molecule has 0 heterocycles. The van der Waals surface area contributed by atoms with Crippen molar-refractivity contribution in [2.75, 3.05) is 33.0 Å². The summed E-state index contributed by atoms with van der Waals surface area (Å²) in [6.07, 6.45) is 47.8. The lowest BCUT2D eigenvalue weighted by Gasteiger charge is -2.20. The number of rotatable bonds is 43. The number of unbranched alkanes of at least 4 members (excludes halogenated alkanes) is 21. The summed E-state index contributed by atoms with van der Waals surface area (Å²) < 4.78 is 33.4. The SMILES string of the molecule is CC/C=C\C/C=C\C/C=C\CCCCCCCCCCOCC(COP(=O)(O)OCC(O)CO)OC(=O)CCCCCCCCC/C=C\CCCCCCCC. The van der Waals surface area contributed by atoms with Crippen LogP contribution in [0.25, 0.3) is 0 Å². The minimum Gasteiger partial charge on any atom is -0.457 e. The first-order valence-corrected chi connectivity index (χ1v) is 24.1. The second-order valence-corrected chi connectivity index (χ2v) is 16.5. The Morgan fingerprint density at radius 2 is 1.02 bits per heavy atom. The van der Waals surface area contributed by atoms with Gasteiger partial charge in [-0.15, -0.1) is 0 Å². The Labute approximate surface area is 343 Å². The van der Waals surface area contributed by atoms with Gasteiger partial charge in [-0.05, 0) is 70.6 Å². The van der Waals surface area contributed by atoms with Gasteiger partial charge in [-0.1, -0.05) is 165 Å². The Morgan fingerprint density at radius 1 is 0.571 bits per heavy atom. The van der Waals surface area contributed by atoms with Crippen LogP contribution in [0.3, 0.4) is 0 Å². The largest absolute Gasteiger partial charge is 0.472 e. The van der Waals surface area contributed by atoms with E-state index >= 15 is 0 Å². The molecule has 0 aromatic heterocycles. The maximum Gasteiger partial charge on any atom is 0.472 e. The van der Waals surface area contributed by atoms with E-state index < -0.39 is 39.2 Å². The molecule has 56 heavy (non-hydrogen) atoms. The molecule has 3 N–H and O–H groups in total. The van der Waals surface area contributed by atoms with Gasteiger partial charge in [-0.2, -0.15) is 0 Å². The lowest BCUT2D eigenvalue weighted by Crippen LogP contribution is -2.29. The second kappa shape index (κ2) is 43.0. The van der Waals surface area contributed by atoms with Crippen LogP contribution in [-0.4, -0.2) is 66.3 Å². The molecule has 9 nitrogen and oxygen atoms in total. The summed E-state index contributed by atoms with van der Waals surface area (Å²) in [5, 5.41) is 18.4. The van der Waals surface area contributed by atoms with Crippen molar-refractivity contribution in [1.82, 2.24) is 0 Å². The van der Waals surface area contributed by atoms with Gasteiger partial charge in [0.2, 0.25) is 0 Å². The molecule has 0 saturated carbocycles. The van der Waals surface area contributed by atoms with Gasteiger partial charge in [0.25, 0.3) is 0 Å². The van der Waals surface area contributed by atoms with Gasteiger partial charge in [-0.3, -0.25) is 13.8 Å². The molecular weight excluding hydrogens is 727 g/mol. The molecule has 10 heteroatoms.